The molecule has 0 unspecified atom stereocenters. The number of hydrogen-bond acceptors (Lipinski definition) is 4. The Labute approximate surface area is 181 Å². The monoisotopic (exact) mass is 425 g/mol. The van der Waals surface area contributed by atoms with Gasteiger partial charge in [-0.25, -0.2) is 9.78 Å². The van der Waals surface area contributed by atoms with Crippen LogP contribution in [0.4, 0.5) is 4.79 Å². The van der Waals surface area contributed by atoms with Gasteiger partial charge in [0, 0.05) is 13.6 Å². The lowest BCUT2D eigenvalue weighted by atomic mass is 10.1. The van der Waals surface area contributed by atoms with E-state index < -0.39 is 6.09 Å². The molecule has 1 amide bonds. The van der Waals surface area contributed by atoms with E-state index in [2.05, 4.69) is 25.9 Å². The fraction of sp³-hybridized carbons (Fsp3) is 0.318. The van der Waals surface area contributed by atoms with Crippen molar-refractivity contribution in [2.75, 3.05) is 13.6 Å². The largest absolute Gasteiger partial charge is 0.445 e. The Hall–Kier alpha value is -3.13. The van der Waals surface area contributed by atoms with Crippen molar-refractivity contribution >= 4 is 34.5 Å². The molecule has 1 atom stereocenters. The third-order valence-corrected chi connectivity index (χ3v) is 5.02. The van der Waals surface area contributed by atoms with Crippen LogP contribution < -0.4 is 16.0 Å². The van der Waals surface area contributed by atoms with Crippen LogP contribution in [0.1, 0.15) is 36.7 Å². The molecule has 2 aromatic carbocycles. The number of ether oxygens (including phenoxy) is 1. The SMILES string of the molecule is CNC(=S)NCCCC[C@H](NC(=O)OCc1ccccc1)c1nc2ccccc2[nH]1. The molecule has 158 valence electrons. The van der Waals surface area contributed by atoms with Gasteiger partial charge in [-0.15, -0.1) is 0 Å². The van der Waals surface area contributed by atoms with Gasteiger partial charge < -0.3 is 25.7 Å². The Morgan fingerprint density at radius 3 is 2.67 bits per heavy atom. The summed E-state index contributed by atoms with van der Waals surface area (Å²) in [5, 5.41) is 9.62. The molecule has 7 nitrogen and oxygen atoms in total. The Bertz CT molecular complexity index is 927. The van der Waals surface area contributed by atoms with Gasteiger partial charge in [0.05, 0.1) is 17.1 Å². The van der Waals surface area contributed by atoms with E-state index in [0.29, 0.717) is 5.11 Å². The number of benzene rings is 2. The molecule has 0 spiro atoms. The van der Waals surface area contributed by atoms with E-state index >= 15 is 0 Å². The topological polar surface area (TPSA) is 91.1 Å². The fourth-order valence-electron chi connectivity index (χ4n) is 3.09. The number of H-pyrrole nitrogens is 1. The van der Waals surface area contributed by atoms with Gasteiger partial charge in [0.25, 0.3) is 0 Å². The highest BCUT2D eigenvalue weighted by atomic mass is 32.1. The van der Waals surface area contributed by atoms with Gasteiger partial charge >= 0.3 is 6.09 Å². The highest BCUT2D eigenvalue weighted by Gasteiger charge is 2.19. The maximum atomic E-state index is 12.4. The molecule has 8 heteroatoms. The highest BCUT2D eigenvalue weighted by Crippen LogP contribution is 2.20. The van der Waals surface area contributed by atoms with Crippen molar-refractivity contribution in [1.29, 1.82) is 0 Å². The van der Waals surface area contributed by atoms with Crippen molar-refractivity contribution < 1.29 is 9.53 Å². The summed E-state index contributed by atoms with van der Waals surface area (Å²) in [6, 6.07) is 17.2. The van der Waals surface area contributed by atoms with Crippen molar-refractivity contribution in [3.63, 3.8) is 0 Å². The lowest BCUT2D eigenvalue weighted by Gasteiger charge is -2.17. The Morgan fingerprint density at radius 1 is 1.13 bits per heavy atom. The molecular formula is C22H27N5O2S. The number of aromatic amines is 1. The number of nitrogens with zero attached hydrogens (tertiary/aromatic N) is 1. The van der Waals surface area contributed by atoms with E-state index in [-0.39, 0.29) is 12.6 Å². The predicted molar refractivity (Wildman–Crippen MR) is 122 cm³/mol. The number of amides is 1. The van der Waals surface area contributed by atoms with E-state index in [1.165, 1.54) is 0 Å². The summed E-state index contributed by atoms with van der Waals surface area (Å²) in [6.07, 6.45) is 2.08. The molecule has 0 bridgehead atoms. The van der Waals surface area contributed by atoms with Gasteiger partial charge in [-0.05, 0) is 49.2 Å². The first-order valence-corrected chi connectivity index (χ1v) is 10.4. The second kappa shape index (κ2) is 11.2. The summed E-state index contributed by atoms with van der Waals surface area (Å²) >= 11 is 5.09. The lowest BCUT2D eigenvalue weighted by molar-refractivity contribution is 0.134. The van der Waals surface area contributed by atoms with Crippen molar-refractivity contribution in [2.24, 2.45) is 0 Å². The first-order valence-electron chi connectivity index (χ1n) is 10.0. The van der Waals surface area contributed by atoms with Crippen LogP contribution in [0.5, 0.6) is 0 Å². The Morgan fingerprint density at radius 2 is 1.90 bits per heavy atom. The van der Waals surface area contributed by atoms with Crippen LogP contribution in [0.25, 0.3) is 11.0 Å². The minimum absolute atomic E-state index is 0.227. The predicted octanol–water partition coefficient (Wildman–Crippen LogP) is 3.79. The van der Waals surface area contributed by atoms with Gasteiger partial charge in [0.2, 0.25) is 0 Å². The average molecular weight is 426 g/mol. The molecule has 0 fully saturated rings. The van der Waals surface area contributed by atoms with E-state index in [1.54, 1.807) is 7.05 Å². The van der Waals surface area contributed by atoms with Gasteiger partial charge in [0.1, 0.15) is 12.4 Å². The van der Waals surface area contributed by atoms with E-state index in [9.17, 15) is 4.79 Å². The number of hydrogen-bond donors (Lipinski definition) is 4. The summed E-state index contributed by atoms with van der Waals surface area (Å²) in [6.45, 7) is 0.996. The van der Waals surface area contributed by atoms with Crippen LogP contribution in [-0.2, 0) is 11.3 Å². The van der Waals surface area contributed by atoms with E-state index in [1.807, 2.05) is 54.6 Å². The number of para-hydroxylation sites is 2. The lowest BCUT2D eigenvalue weighted by Crippen LogP contribution is -2.33. The number of alkyl carbamates (subject to hydrolysis) is 1. The van der Waals surface area contributed by atoms with Gasteiger partial charge in [-0.3, -0.25) is 0 Å². The number of fused-ring (bicyclic) bond motifs is 1. The van der Waals surface area contributed by atoms with Gasteiger partial charge in [-0.2, -0.15) is 0 Å². The second-order valence-electron chi connectivity index (χ2n) is 6.90. The standard InChI is InChI=1S/C22H27N5O2S/c1-23-21(30)24-14-8-7-13-19(20-25-17-11-5-6-12-18(17)26-20)27-22(28)29-15-16-9-3-2-4-10-16/h2-6,9-12,19H,7-8,13-15H2,1H3,(H,25,26)(H,27,28)(H2,23,24,30)/t19-/m0/s1. The van der Waals surface area contributed by atoms with Crippen LogP contribution in [0.15, 0.2) is 54.6 Å². The van der Waals surface area contributed by atoms with E-state index in [4.69, 9.17) is 17.0 Å². The third kappa shape index (κ3) is 6.45. The minimum atomic E-state index is -0.459. The van der Waals surface area contributed by atoms with Crippen molar-refractivity contribution in [3.05, 3.63) is 66.0 Å². The smallest absolute Gasteiger partial charge is 0.408 e. The number of rotatable bonds is 9. The Kier molecular flexibility index (Phi) is 8.02. The molecule has 0 aliphatic heterocycles. The number of carbonyl (C=O) groups excluding carboxylic acids is 1. The Balaban J connectivity index is 1.59. The van der Waals surface area contributed by atoms with Crippen LogP contribution in [0.2, 0.25) is 0 Å². The zero-order valence-electron chi connectivity index (χ0n) is 17.0. The molecule has 4 N–H and O–H groups in total. The maximum absolute atomic E-state index is 12.4. The highest BCUT2D eigenvalue weighted by molar-refractivity contribution is 7.80. The molecule has 1 aromatic heterocycles. The molecule has 30 heavy (non-hydrogen) atoms. The number of carbonyl (C=O) groups is 1. The summed E-state index contributed by atoms with van der Waals surface area (Å²) in [7, 11) is 1.79. The summed E-state index contributed by atoms with van der Waals surface area (Å²) in [5.41, 5.74) is 2.76. The average Bonchev–Trinajstić information content (AvgIpc) is 3.21. The van der Waals surface area contributed by atoms with E-state index in [0.717, 1.165) is 48.2 Å². The number of aromatic nitrogens is 2. The van der Waals surface area contributed by atoms with Gasteiger partial charge in [0.15, 0.2) is 5.11 Å². The van der Waals surface area contributed by atoms with Crippen LogP contribution in [0.3, 0.4) is 0 Å². The van der Waals surface area contributed by atoms with Crippen molar-refractivity contribution in [1.82, 2.24) is 25.9 Å². The normalized spacial score (nSPS) is 11.6. The summed E-state index contributed by atoms with van der Waals surface area (Å²) < 4.78 is 5.40. The molecule has 0 saturated carbocycles. The second-order valence-corrected chi connectivity index (χ2v) is 7.31. The molecule has 1 heterocycles. The summed E-state index contributed by atoms with van der Waals surface area (Å²) in [4.78, 5) is 20.4. The third-order valence-electron chi connectivity index (χ3n) is 4.67. The van der Waals surface area contributed by atoms with Crippen LogP contribution >= 0.6 is 12.2 Å². The fourth-order valence-corrected chi connectivity index (χ4v) is 3.19. The minimum Gasteiger partial charge on any atom is -0.445 e. The van der Waals surface area contributed by atoms with Crippen LogP contribution in [-0.4, -0.2) is 34.8 Å². The number of imidazole rings is 1. The molecular weight excluding hydrogens is 398 g/mol. The van der Waals surface area contributed by atoms with Crippen molar-refractivity contribution in [3.8, 4) is 0 Å². The zero-order chi connectivity index (χ0) is 21.2. The van der Waals surface area contributed by atoms with Gasteiger partial charge in [-0.1, -0.05) is 42.5 Å². The molecule has 0 aliphatic carbocycles. The summed E-state index contributed by atoms with van der Waals surface area (Å²) in [5.74, 6) is 0.728. The molecule has 3 rings (SSSR count). The number of unbranched alkanes of at least 4 members (excludes halogenated alkanes) is 1. The quantitative estimate of drug-likeness (QED) is 0.308. The molecule has 0 saturated heterocycles. The maximum Gasteiger partial charge on any atom is 0.408 e. The first-order chi connectivity index (χ1) is 14.7. The molecule has 0 aliphatic rings. The zero-order valence-corrected chi connectivity index (χ0v) is 17.8. The molecule has 0 radical (unpaired) electrons. The van der Waals surface area contributed by atoms with Crippen molar-refractivity contribution in [2.45, 2.75) is 31.9 Å². The number of thiocarbonyl (C=S) groups is 1. The number of nitrogens with one attached hydrogen (secondary N) is 4. The first kappa shape index (κ1) is 21.6. The van der Waals surface area contributed by atoms with Crippen LogP contribution in [0, 0.1) is 0 Å². The molecule has 3 aromatic rings.